The van der Waals surface area contributed by atoms with Crippen molar-refractivity contribution in [3.05, 3.63) is 57.9 Å². The van der Waals surface area contributed by atoms with E-state index in [-0.39, 0.29) is 17.6 Å². The summed E-state index contributed by atoms with van der Waals surface area (Å²) in [7, 11) is 1.71. The standard InChI is InChI=1S/C24H26N4O2S/c1-16-11-18(17(2)28(16)14-20-7-6-10-30-20)12-19(13-25)24(29)27(3)15-23-26-21-8-4-5-9-22(21)31-23/h4-5,8-9,11-12,20H,6-7,10,14-15H2,1-3H3/b19-12+. The lowest BCUT2D eigenvalue weighted by Gasteiger charge is -2.15. The Labute approximate surface area is 186 Å². The van der Waals surface area contributed by atoms with E-state index in [1.165, 1.54) is 0 Å². The SMILES string of the molecule is Cc1cc(/C=C(\C#N)C(=O)N(C)Cc2nc3ccccc3s2)c(C)n1CC1CCCO1. The first kappa shape index (κ1) is 21.3. The third-order valence-corrected chi connectivity index (χ3v) is 6.75. The predicted molar refractivity (Wildman–Crippen MR) is 123 cm³/mol. The smallest absolute Gasteiger partial charge is 0.264 e. The third-order valence-electron chi connectivity index (χ3n) is 5.73. The highest BCUT2D eigenvalue weighted by molar-refractivity contribution is 7.18. The lowest BCUT2D eigenvalue weighted by molar-refractivity contribution is -0.125. The molecule has 7 heteroatoms. The molecule has 3 aromatic rings. The Balaban J connectivity index is 1.52. The summed E-state index contributed by atoms with van der Waals surface area (Å²) in [6.45, 7) is 6.07. The summed E-state index contributed by atoms with van der Waals surface area (Å²) in [5.74, 6) is -0.300. The van der Waals surface area contributed by atoms with Crippen LogP contribution >= 0.6 is 11.3 Å². The number of aromatic nitrogens is 2. The molecule has 0 saturated carbocycles. The summed E-state index contributed by atoms with van der Waals surface area (Å²) < 4.78 is 9.08. The van der Waals surface area contributed by atoms with E-state index >= 15 is 0 Å². The number of amides is 1. The quantitative estimate of drug-likeness (QED) is 0.424. The van der Waals surface area contributed by atoms with Crippen molar-refractivity contribution < 1.29 is 9.53 Å². The maximum Gasteiger partial charge on any atom is 0.264 e. The lowest BCUT2D eigenvalue weighted by atomic mass is 10.1. The number of para-hydroxylation sites is 1. The third kappa shape index (κ3) is 4.55. The van der Waals surface area contributed by atoms with Gasteiger partial charge >= 0.3 is 0 Å². The first-order chi connectivity index (χ1) is 15.0. The zero-order valence-corrected chi connectivity index (χ0v) is 18.9. The van der Waals surface area contributed by atoms with Crippen molar-refractivity contribution in [1.82, 2.24) is 14.5 Å². The summed E-state index contributed by atoms with van der Waals surface area (Å²) in [6.07, 6.45) is 4.11. The second kappa shape index (κ2) is 9.04. The van der Waals surface area contributed by atoms with Gasteiger partial charge in [0.25, 0.3) is 5.91 Å². The molecule has 31 heavy (non-hydrogen) atoms. The van der Waals surface area contributed by atoms with Crippen LogP contribution < -0.4 is 0 Å². The number of ether oxygens (including phenoxy) is 1. The second-order valence-electron chi connectivity index (χ2n) is 7.98. The van der Waals surface area contributed by atoms with Crippen LogP contribution in [-0.2, 0) is 22.6 Å². The number of carbonyl (C=O) groups excluding carboxylic acids is 1. The van der Waals surface area contributed by atoms with Gasteiger partial charge in [-0.15, -0.1) is 11.3 Å². The van der Waals surface area contributed by atoms with Crippen molar-refractivity contribution in [3.63, 3.8) is 0 Å². The molecule has 1 aliphatic heterocycles. The molecule has 1 atom stereocenters. The van der Waals surface area contributed by atoms with Gasteiger partial charge in [-0.25, -0.2) is 4.98 Å². The number of benzene rings is 1. The van der Waals surface area contributed by atoms with Crippen LogP contribution in [0.3, 0.4) is 0 Å². The number of rotatable bonds is 6. The van der Waals surface area contributed by atoms with E-state index in [4.69, 9.17) is 4.74 Å². The monoisotopic (exact) mass is 434 g/mol. The summed E-state index contributed by atoms with van der Waals surface area (Å²) in [4.78, 5) is 19.1. The molecule has 160 valence electrons. The van der Waals surface area contributed by atoms with Crippen molar-refractivity contribution in [2.45, 2.75) is 45.9 Å². The van der Waals surface area contributed by atoms with Crippen LogP contribution in [0.1, 0.15) is 34.8 Å². The number of hydrogen-bond donors (Lipinski definition) is 0. The molecule has 1 saturated heterocycles. The summed E-state index contributed by atoms with van der Waals surface area (Å²) >= 11 is 1.57. The number of nitriles is 1. The summed E-state index contributed by atoms with van der Waals surface area (Å²) in [5.41, 5.74) is 4.10. The van der Waals surface area contributed by atoms with Crippen LogP contribution in [0.4, 0.5) is 0 Å². The number of hydrogen-bond acceptors (Lipinski definition) is 5. The molecule has 3 heterocycles. The Kier molecular flexibility index (Phi) is 6.21. The van der Waals surface area contributed by atoms with E-state index in [2.05, 4.69) is 15.6 Å². The van der Waals surface area contributed by atoms with Crippen LogP contribution in [-0.4, -0.2) is 40.1 Å². The fourth-order valence-electron chi connectivity index (χ4n) is 4.01. The molecular formula is C24H26N4O2S. The van der Waals surface area contributed by atoms with E-state index in [9.17, 15) is 10.1 Å². The molecule has 0 radical (unpaired) electrons. The largest absolute Gasteiger partial charge is 0.376 e. The Morgan fingerprint density at radius 2 is 2.23 bits per heavy atom. The van der Waals surface area contributed by atoms with Gasteiger partial charge in [0.05, 0.1) is 22.9 Å². The Morgan fingerprint density at radius 3 is 2.94 bits per heavy atom. The molecule has 0 bridgehead atoms. The normalized spacial score (nSPS) is 16.6. The highest BCUT2D eigenvalue weighted by Gasteiger charge is 2.20. The summed E-state index contributed by atoms with van der Waals surface area (Å²) in [6, 6.07) is 12.0. The minimum atomic E-state index is -0.300. The Morgan fingerprint density at radius 1 is 1.42 bits per heavy atom. The molecule has 1 unspecified atom stereocenters. The highest BCUT2D eigenvalue weighted by atomic mass is 32.1. The Hall–Kier alpha value is -2.95. The van der Waals surface area contributed by atoms with E-state index < -0.39 is 0 Å². The van der Waals surface area contributed by atoms with Gasteiger partial charge in [0, 0.05) is 31.6 Å². The fraction of sp³-hybridized carbons (Fsp3) is 0.375. The molecule has 2 aromatic heterocycles. The van der Waals surface area contributed by atoms with Crippen molar-refractivity contribution >= 4 is 33.5 Å². The highest BCUT2D eigenvalue weighted by Crippen LogP contribution is 2.24. The van der Waals surface area contributed by atoms with Gasteiger partial charge in [0.2, 0.25) is 0 Å². The first-order valence-corrected chi connectivity index (χ1v) is 11.3. The average molecular weight is 435 g/mol. The summed E-state index contributed by atoms with van der Waals surface area (Å²) in [5, 5.41) is 10.5. The Bertz CT molecular complexity index is 1150. The molecule has 1 aliphatic rings. The number of aryl methyl sites for hydroxylation is 1. The number of carbonyl (C=O) groups is 1. The van der Waals surface area contributed by atoms with Gasteiger partial charge in [-0.05, 0) is 56.5 Å². The lowest BCUT2D eigenvalue weighted by Crippen LogP contribution is -2.27. The van der Waals surface area contributed by atoms with Crippen LogP contribution in [0.15, 0.2) is 35.9 Å². The maximum atomic E-state index is 13.0. The van der Waals surface area contributed by atoms with E-state index in [0.717, 1.165) is 58.2 Å². The molecule has 0 spiro atoms. The molecular weight excluding hydrogens is 408 g/mol. The van der Waals surface area contributed by atoms with Crippen LogP contribution in [0.2, 0.25) is 0 Å². The maximum absolute atomic E-state index is 13.0. The minimum absolute atomic E-state index is 0.126. The molecule has 0 aliphatic carbocycles. The molecule has 1 aromatic carbocycles. The van der Waals surface area contributed by atoms with Crippen LogP contribution in [0.25, 0.3) is 16.3 Å². The molecule has 1 fully saturated rings. The zero-order valence-electron chi connectivity index (χ0n) is 18.1. The first-order valence-electron chi connectivity index (χ1n) is 10.5. The fourth-order valence-corrected chi connectivity index (χ4v) is 5.03. The van der Waals surface area contributed by atoms with Crippen molar-refractivity contribution in [2.75, 3.05) is 13.7 Å². The molecule has 6 nitrogen and oxygen atoms in total. The van der Waals surface area contributed by atoms with Crippen molar-refractivity contribution in [3.8, 4) is 6.07 Å². The molecule has 0 N–H and O–H groups in total. The number of thiazole rings is 1. The van der Waals surface area contributed by atoms with E-state index in [1.807, 2.05) is 44.2 Å². The number of likely N-dealkylation sites (N-methyl/N-ethyl adjacent to an activating group) is 1. The second-order valence-corrected chi connectivity index (χ2v) is 9.09. The number of fused-ring (bicyclic) bond motifs is 1. The number of nitrogens with zero attached hydrogens (tertiary/aromatic N) is 4. The van der Waals surface area contributed by atoms with Gasteiger partial charge < -0.3 is 14.2 Å². The van der Waals surface area contributed by atoms with Crippen molar-refractivity contribution in [2.24, 2.45) is 0 Å². The molecule has 1 amide bonds. The van der Waals surface area contributed by atoms with Gasteiger partial charge in [-0.2, -0.15) is 5.26 Å². The van der Waals surface area contributed by atoms with Crippen LogP contribution in [0, 0.1) is 25.2 Å². The average Bonchev–Trinajstić information content (AvgIpc) is 3.47. The molecule has 4 rings (SSSR count). The topological polar surface area (TPSA) is 71.2 Å². The minimum Gasteiger partial charge on any atom is -0.376 e. The van der Waals surface area contributed by atoms with Gasteiger partial charge in [0.15, 0.2) is 0 Å². The van der Waals surface area contributed by atoms with Crippen LogP contribution in [0.5, 0.6) is 0 Å². The predicted octanol–water partition coefficient (Wildman–Crippen LogP) is 4.46. The van der Waals surface area contributed by atoms with E-state index in [0.29, 0.717) is 6.54 Å². The van der Waals surface area contributed by atoms with Gasteiger partial charge in [0.1, 0.15) is 16.6 Å². The zero-order chi connectivity index (χ0) is 22.0. The van der Waals surface area contributed by atoms with E-state index in [1.54, 1.807) is 29.4 Å². The van der Waals surface area contributed by atoms with Gasteiger partial charge in [-0.1, -0.05) is 12.1 Å². The van der Waals surface area contributed by atoms with Gasteiger partial charge in [-0.3, -0.25) is 4.79 Å². The van der Waals surface area contributed by atoms with Crippen molar-refractivity contribution in [1.29, 1.82) is 5.26 Å².